The predicted molar refractivity (Wildman–Crippen MR) is 96.7 cm³/mol. The van der Waals surface area contributed by atoms with Crippen LogP contribution in [0.25, 0.3) is 0 Å². The standard InChI is InChI=1S/C13H10Br2Cl2OS2/c14-5-7(12-9(16)1-3-19-12)11(18)8(6-15)13-10(17)2-4-20-13/h1-4,7-8H,5-6H2. The highest BCUT2D eigenvalue weighted by Gasteiger charge is 2.31. The quantitative estimate of drug-likeness (QED) is 0.444. The van der Waals surface area contributed by atoms with Crippen molar-refractivity contribution in [1.82, 2.24) is 0 Å². The normalized spacial score (nSPS) is 14.2. The summed E-state index contributed by atoms with van der Waals surface area (Å²) in [5, 5.41) is 6.22. The van der Waals surface area contributed by atoms with E-state index in [1.807, 2.05) is 22.9 Å². The van der Waals surface area contributed by atoms with E-state index in [-0.39, 0.29) is 17.6 Å². The second kappa shape index (κ2) is 7.75. The Labute approximate surface area is 152 Å². The summed E-state index contributed by atoms with van der Waals surface area (Å²) >= 11 is 22.2. The van der Waals surface area contributed by atoms with Crippen molar-refractivity contribution in [1.29, 1.82) is 0 Å². The van der Waals surface area contributed by atoms with Crippen molar-refractivity contribution in [3.05, 3.63) is 42.7 Å². The van der Waals surface area contributed by atoms with Gasteiger partial charge in [0.15, 0.2) is 5.78 Å². The van der Waals surface area contributed by atoms with E-state index in [0.29, 0.717) is 20.7 Å². The van der Waals surface area contributed by atoms with Gasteiger partial charge < -0.3 is 0 Å². The van der Waals surface area contributed by atoms with Crippen LogP contribution < -0.4 is 0 Å². The van der Waals surface area contributed by atoms with Gasteiger partial charge in [-0.15, -0.1) is 22.7 Å². The van der Waals surface area contributed by atoms with Crippen molar-refractivity contribution >= 4 is 83.5 Å². The van der Waals surface area contributed by atoms with Gasteiger partial charge in [0.25, 0.3) is 0 Å². The SMILES string of the molecule is O=C(C(CBr)c1sccc1Cl)C(CBr)c1sccc1Cl. The summed E-state index contributed by atoms with van der Waals surface area (Å²) in [6.45, 7) is 0. The number of halogens is 4. The Hall–Kier alpha value is 0.610. The molecule has 2 aromatic heterocycles. The molecule has 108 valence electrons. The molecule has 0 amide bonds. The molecule has 2 heterocycles. The van der Waals surface area contributed by atoms with E-state index < -0.39 is 0 Å². The minimum Gasteiger partial charge on any atom is -0.298 e. The van der Waals surface area contributed by atoms with Gasteiger partial charge in [-0.3, -0.25) is 4.79 Å². The molecule has 0 spiro atoms. The molecule has 0 saturated carbocycles. The minimum absolute atomic E-state index is 0.132. The van der Waals surface area contributed by atoms with Crippen LogP contribution in [0.4, 0.5) is 0 Å². The molecule has 0 fully saturated rings. The topological polar surface area (TPSA) is 17.1 Å². The number of hydrogen-bond acceptors (Lipinski definition) is 3. The van der Waals surface area contributed by atoms with Crippen LogP contribution in [0.15, 0.2) is 22.9 Å². The number of alkyl halides is 2. The number of ketones is 1. The van der Waals surface area contributed by atoms with E-state index in [9.17, 15) is 4.79 Å². The van der Waals surface area contributed by atoms with Crippen molar-refractivity contribution in [2.45, 2.75) is 11.8 Å². The molecule has 0 bridgehead atoms. The van der Waals surface area contributed by atoms with E-state index in [4.69, 9.17) is 23.2 Å². The fraction of sp³-hybridized carbons (Fsp3) is 0.308. The van der Waals surface area contributed by atoms with Crippen molar-refractivity contribution in [2.24, 2.45) is 0 Å². The lowest BCUT2D eigenvalue weighted by Gasteiger charge is -2.18. The molecule has 0 aromatic carbocycles. The van der Waals surface area contributed by atoms with Gasteiger partial charge in [-0.2, -0.15) is 0 Å². The fourth-order valence-electron chi connectivity index (χ4n) is 1.90. The zero-order chi connectivity index (χ0) is 14.7. The molecular formula is C13H10Br2Cl2OS2. The third kappa shape index (κ3) is 3.50. The molecule has 2 rings (SSSR count). The third-order valence-electron chi connectivity index (χ3n) is 2.92. The Kier molecular flexibility index (Phi) is 6.57. The van der Waals surface area contributed by atoms with Crippen LogP contribution in [-0.4, -0.2) is 16.4 Å². The van der Waals surface area contributed by atoms with Crippen LogP contribution in [0.1, 0.15) is 21.6 Å². The summed E-state index contributed by atoms with van der Waals surface area (Å²) in [5.41, 5.74) is 0. The van der Waals surface area contributed by atoms with Gasteiger partial charge in [0.2, 0.25) is 0 Å². The lowest BCUT2D eigenvalue weighted by Crippen LogP contribution is -2.22. The van der Waals surface area contributed by atoms with Crippen LogP contribution in [0.3, 0.4) is 0 Å². The Bertz CT molecular complexity index is 546. The van der Waals surface area contributed by atoms with Crippen LogP contribution in [0.2, 0.25) is 10.0 Å². The second-order valence-corrected chi connectivity index (χ2v) is 8.09. The molecule has 2 atom stereocenters. The Balaban J connectivity index is 2.32. The highest BCUT2D eigenvalue weighted by Crippen LogP contribution is 2.39. The predicted octanol–water partition coefficient (Wildman–Crippen LogP) is 6.34. The molecule has 1 nitrogen and oxygen atoms in total. The molecule has 0 aliphatic heterocycles. The number of carbonyl (C=O) groups excluding carboxylic acids is 1. The van der Waals surface area contributed by atoms with Gasteiger partial charge in [0, 0.05) is 20.4 Å². The molecule has 20 heavy (non-hydrogen) atoms. The van der Waals surface area contributed by atoms with Crippen LogP contribution in [-0.2, 0) is 4.79 Å². The van der Waals surface area contributed by atoms with Gasteiger partial charge in [-0.1, -0.05) is 55.1 Å². The molecule has 2 unspecified atom stereocenters. The van der Waals surface area contributed by atoms with Crippen LogP contribution in [0, 0.1) is 0 Å². The largest absolute Gasteiger partial charge is 0.298 e. The molecule has 0 radical (unpaired) electrons. The maximum Gasteiger partial charge on any atom is 0.151 e. The summed E-state index contributed by atoms with van der Waals surface area (Å²) in [6.07, 6.45) is 0. The highest BCUT2D eigenvalue weighted by molar-refractivity contribution is 9.09. The van der Waals surface area contributed by atoms with Gasteiger partial charge in [0.1, 0.15) is 0 Å². The number of thiophene rings is 2. The van der Waals surface area contributed by atoms with Crippen molar-refractivity contribution in [3.8, 4) is 0 Å². The Morgan fingerprint density at radius 2 is 1.40 bits per heavy atom. The van der Waals surface area contributed by atoms with Crippen molar-refractivity contribution in [3.63, 3.8) is 0 Å². The molecule has 0 N–H and O–H groups in total. The highest BCUT2D eigenvalue weighted by atomic mass is 79.9. The van der Waals surface area contributed by atoms with E-state index in [1.165, 1.54) is 22.7 Å². The van der Waals surface area contributed by atoms with E-state index >= 15 is 0 Å². The zero-order valence-electron chi connectivity index (χ0n) is 10.1. The van der Waals surface area contributed by atoms with E-state index in [1.54, 1.807) is 0 Å². The number of hydrogen-bond donors (Lipinski definition) is 0. The third-order valence-corrected chi connectivity index (χ3v) is 7.16. The first-order valence-corrected chi connectivity index (χ1v) is 10.5. The van der Waals surface area contributed by atoms with Gasteiger partial charge >= 0.3 is 0 Å². The summed E-state index contributed by atoms with van der Waals surface area (Å²) in [5.74, 6) is -0.362. The summed E-state index contributed by atoms with van der Waals surface area (Å²) in [6, 6.07) is 3.65. The average Bonchev–Trinajstić information content (AvgIpc) is 3.02. The Morgan fingerprint density at radius 3 is 1.65 bits per heavy atom. The lowest BCUT2D eigenvalue weighted by molar-refractivity contribution is -0.120. The first-order chi connectivity index (χ1) is 9.60. The summed E-state index contributed by atoms with van der Waals surface area (Å²) in [4.78, 5) is 14.7. The van der Waals surface area contributed by atoms with Gasteiger partial charge in [0.05, 0.1) is 21.9 Å². The molecule has 7 heteroatoms. The molecule has 0 aliphatic rings. The van der Waals surface area contributed by atoms with Gasteiger partial charge in [-0.25, -0.2) is 0 Å². The molecule has 0 saturated heterocycles. The second-order valence-electron chi connectivity index (χ2n) is 4.08. The lowest BCUT2D eigenvalue weighted by atomic mass is 9.93. The molecule has 2 aromatic rings. The van der Waals surface area contributed by atoms with Crippen molar-refractivity contribution < 1.29 is 4.79 Å². The average molecular weight is 477 g/mol. The molecule has 0 aliphatic carbocycles. The smallest absolute Gasteiger partial charge is 0.151 e. The van der Waals surface area contributed by atoms with Gasteiger partial charge in [-0.05, 0) is 22.9 Å². The van der Waals surface area contributed by atoms with Crippen molar-refractivity contribution in [2.75, 3.05) is 10.7 Å². The molecular weight excluding hydrogens is 467 g/mol. The number of carbonyl (C=O) groups is 1. The fourth-order valence-corrected chi connectivity index (χ4v) is 6.21. The minimum atomic E-state index is -0.247. The van der Waals surface area contributed by atoms with Crippen LogP contribution in [0.5, 0.6) is 0 Å². The van der Waals surface area contributed by atoms with E-state index in [0.717, 1.165) is 9.75 Å². The number of Topliss-reactive ketones (excluding diaryl/α,β-unsaturated/α-hetero) is 1. The first kappa shape index (κ1) is 17.0. The summed E-state index contributed by atoms with van der Waals surface area (Å²) < 4.78 is 0. The number of rotatable bonds is 6. The van der Waals surface area contributed by atoms with Crippen LogP contribution >= 0.6 is 77.7 Å². The monoisotopic (exact) mass is 474 g/mol. The summed E-state index contributed by atoms with van der Waals surface area (Å²) in [7, 11) is 0. The maximum atomic E-state index is 12.8. The Morgan fingerprint density at radius 1 is 1.00 bits per heavy atom. The zero-order valence-corrected chi connectivity index (χ0v) is 16.4. The van der Waals surface area contributed by atoms with E-state index in [2.05, 4.69) is 31.9 Å². The maximum absolute atomic E-state index is 12.8. The first-order valence-electron chi connectivity index (χ1n) is 5.71.